The van der Waals surface area contributed by atoms with Gasteiger partial charge in [-0.15, -0.1) is 11.6 Å². The van der Waals surface area contributed by atoms with Crippen LogP contribution in [0.1, 0.15) is 42.1 Å². The second kappa shape index (κ2) is 8.44. The van der Waals surface area contributed by atoms with Crippen LogP contribution in [0.2, 0.25) is 0 Å². The molecule has 0 aromatic heterocycles. The van der Waals surface area contributed by atoms with E-state index in [2.05, 4.69) is 6.92 Å². The largest absolute Gasteiger partial charge is 0.460 e. The number of aryl methyl sites for hydroxylation is 1. The van der Waals surface area contributed by atoms with Crippen molar-refractivity contribution in [1.82, 2.24) is 0 Å². The smallest absolute Gasteiger partial charge is 0.338 e. The molecule has 132 valence electrons. The number of halogens is 1. The Morgan fingerprint density at radius 2 is 2.21 bits per heavy atom. The molecule has 1 saturated carbocycles. The highest BCUT2D eigenvalue weighted by atomic mass is 35.5. The van der Waals surface area contributed by atoms with E-state index in [4.69, 9.17) is 21.4 Å². The minimum Gasteiger partial charge on any atom is -0.460 e. The minimum atomic E-state index is -0.673. The van der Waals surface area contributed by atoms with Gasteiger partial charge in [-0.05, 0) is 43.6 Å². The highest BCUT2D eigenvalue weighted by Crippen LogP contribution is 2.38. The third kappa shape index (κ3) is 4.45. The SMILES string of the molecule is CC1C(Cl)CC[C@@H]1CCc1ccc(C(=O)OCCO)cc1[N+](=O)[O-]. The van der Waals surface area contributed by atoms with Crippen LogP contribution in [0, 0.1) is 22.0 Å². The molecule has 0 bridgehead atoms. The van der Waals surface area contributed by atoms with E-state index in [1.807, 2.05) is 0 Å². The van der Waals surface area contributed by atoms with E-state index in [0.29, 0.717) is 23.8 Å². The number of aliphatic hydroxyl groups is 1. The Bertz CT molecular complexity index is 607. The average Bonchev–Trinajstić information content (AvgIpc) is 2.89. The number of benzene rings is 1. The van der Waals surface area contributed by atoms with Crippen molar-refractivity contribution >= 4 is 23.3 Å². The van der Waals surface area contributed by atoms with Gasteiger partial charge in [-0.3, -0.25) is 10.1 Å². The molecular formula is C17H22ClNO5. The Kier molecular flexibility index (Phi) is 6.57. The Balaban J connectivity index is 2.09. The van der Waals surface area contributed by atoms with Gasteiger partial charge in [0.25, 0.3) is 5.69 Å². The zero-order valence-electron chi connectivity index (χ0n) is 13.6. The molecular weight excluding hydrogens is 334 g/mol. The number of aliphatic hydroxyl groups excluding tert-OH is 1. The lowest BCUT2D eigenvalue weighted by Crippen LogP contribution is -2.12. The molecule has 0 heterocycles. The molecule has 3 atom stereocenters. The van der Waals surface area contributed by atoms with Gasteiger partial charge in [-0.1, -0.05) is 13.0 Å². The number of ether oxygens (including phenoxy) is 1. The standard InChI is InChI=1S/C17H22ClNO5/c1-11-12(6-7-15(11)18)2-3-13-4-5-14(10-16(13)19(22)23)17(21)24-9-8-20/h4-5,10-12,15,20H,2-3,6-9H2,1H3/t11?,12-,15?/m0/s1. The average molecular weight is 356 g/mol. The number of nitro groups is 1. The lowest BCUT2D eigenvalue weighted by Gasteiger charge is -2.17. The molecule has 0 spiro atoms. The van der Waals surface area contributed by atoms with Crippen molar-refractivity contribution in [3.8, 4) is 0 Å². The maximum Gasteiger partial charge on any atom is 0.338 e. The summed E-state index contributed by atoms with van der Waals surface area (Å²) in [6, 6.07) is 4.40. The van der Waals surface area contributed by atoms with Gasteiger partial charge in [0.15, 0.2) is 0 Å². The molecule has 0 amide bonds. The number of rotatable bonds is 7. The van der Waals surface area contributed by atoms with Crippen LogP contribution >= 0.6 is 11.6 Å². The van der Waals surface area contributed by atoms with Gasteiger partial charge < -0.3 is 9.84 Å². The van der Waals surface area contributed by atoms with Crippen LogP contribution in [-0.2, 0) is 11.2 Å². The Hall–Kier alpha value is -1.66. The molecule has 1 aromatic rings. The topological polar surface area (TPSA) is 89.7 Å². The van der Waals surface area contributed by atoms with E-state index in [1.165, 1.54) is 12.1 Å². The zero-order chi connectivity index (χ0) is 17.7. The second-order valence-corrected chi connectivity index (χ2v) is 6.77. The van der Waals surface area contributed by atoms with Crippen molar-refractivity contribution in [2.45, 2.75) is 38.0 Å². The Morgan fingerprint density at radius 3 is 2.79 bits per heavy atom. The number of carbonyl (C=O) groups is 1. The van der Waals surface area contributed by atoms with Crippen LogP contribution < -0.4 is 0 Å². The van der Waals surface area contributed by atoms with Crippen molar-refractivity contribution in [3.63, 3.8) is 0 Å². The van der Waals surface area contributed by atoms with Crippen molar-refractivity contribution in [1.29, 1.82) is 0 Å². The lowest BCUT2D eigenvalue weighted by molar-refractivity contribution is -0.385. The van der Waals surface area contributed by atoms with E-state index < -0.39 is 10.9 Å². The molecule has 1 aliphatic rings. The summed E-state index contributed by atoms with van der Waals surface area (Å²) < 4.78 is 4.79. The first-order valence-electron chi connectivity index (χ1n) is 8.13. The lowest BCUT2D eigenvalue weighted by atomic mass is 9.90. The summed E-state index contributed by atoms with van der Waals surface area (Å²) in [4.78, 5) is 22.6. The molecule has 7 heteroatoms. The molecule has 1 fully saturated rings. The summed E-state index contributed by atoms with van der Waals surface area (Å²) in [5, 5.41) is 20.2. The van der Waals surface area contributed by atoms with E-state index >= 15 is 0 Å². The van der Waals surface area contributed by atoms with Crippen LogP contribution in [0.5, 0.6) is 0 Å². The fraction of sp³-hybridized carbons (Fsp3) is 0.588. The van der Waals surface area contributed by atoms with Crippen molar-refractivity contribution in [3.05, 3.63) is 39.4 Å². The second-order valence-electron chi connectivity index (χ2n) is 6.21. The summed E-state index contributed by atoms with van der Waals surface area (Å²) in [5.74, 6) is 0.216. The molecule has 0 radical (unpaired) electrons. The van der Waals surface area contributed by atoms with Crippen LogP contribution in [0.3, 0.4) is 0 Å². The van der Waals surface area contributed by atoms with Crippen LogP contribution in [0.15, 0.2) is 18.2 Å². The molecule has 1 aromatic carbocycles. The Morgan fingerprint density at radius 1 is 1.46 bits per heavy atom. The van der Waals surface area contributed by atoms with Crippen molar-refractivity contribution in [2.24, 2.45) is 11.8 Å². The first-order chi connectivity index (χ1) is 11.4. The summed E-state index contributed by atoms with van der Waals surface area (Å²) in [6.07, 6.45) is 3.47. The van der Waals surface area contributed by atoms with Gasteiger partial charge >= 0.3 is 5.97 Å². The molecule has 24 heavy (non-hydrogen) atoms. The number of carbonyl (C=O) groups excluding carboxylic acids is 1. The fourth-order valence-electron chi connectivity index (χ4n) is 3.24. The molecule has 6 nitrogen and oxygen atoms in total. The predicted octanol–water partition coefficient (Wildman–Crippen LogP) is 3.33. The summed E-state index contributed by atoms with van der Waals surface area (Å²) >= 11 is 6.24. The summed E-state index contributed by atoms with van der Waals surface area (Å²) in [7, 11) is 0. The monoisotopic (exact) mass is 355 g/mol. The summed E-state index contributed by atoms with van der Waals surface area (Å²) in [6.45, 7) is 1.71. The maximum absolute atomic E-state index is 11.8. The summed E-state index contributed by atoms with van der Waals surface area (Å²) in [5.41, 5.74) is 0.666. The number of hydrogen-bond acceptors (Lipinski definition) is 5. The normalized spacial score (nSPS) is 23.2. The number of nitrogens with zero attached hydrogens (tertiary/aromatic N) is 1. The third-order valence-corrected chi connectivity index (χ3v) is 5.37. The molecule has 1 aliphatic carbocycles. The van der Waals surface area contributed by atoms with E-state index in [9.17, 15) is 14.9 Å². The van der Waals surface area contributed by atoms with Crippen LogP contribution in [-0.4, -0.2) is 34.6 Å². The predicted molar refractivity (Wildman–Crippen MR) is 90.3 cm³/mol. The third-order valence-electron chi connectivity index (χ3n) is 4.75. The molecule has 0 saturated heterocycles. The Labute approximate surface area is 145 Å². The minimum absolute atomic E-state index is 0.0680. The van der Waals surface area contributed by atoms with Gasteiger partial charge in [-0.2, -0.15) is 0 Å². The maximum atomic E-state index is 11.8. The number of alkyl halides is 1. The highest BCUT2D eigenvalue weighted by molar-refractivity contribution is 6.20. The van der Waals surface area contributed by atoms with Crippen molar-refractivity contribution < 1.29 is 19.6 Å². The van der Waals surface area contributed by atoms with E-state index in [0.717, 1.165) is 19.3 Å². The molecule has 1 N–H and O–H groups in total. The quantitative estimate of drug-likeness (QED) is 0.350. The molecule has 2 unspecified atom stereocenters. The van der Waals surface area contributed by atoms with E-state index in [1.54, 1.807) is 6.07 Å². The van der Waals surface area contributed by atoms with Gasteiger partial charge in [0.2, 0.25) is 0 Å². The van der Waals surface area contributed by atoms with E-state index in [-0.39, 0.29) is 29.8 Å². The highest BCUT2D eigenvalue weighted by Gasteiger charge is 2.31. The molecule has 0 aliphatic heterocycles. The first-order valence-corrected chi connectivity index (χ1v) is 8.57. The van der Waals surface area contributed by atoms with Gasteiger partial charge in [0.05, 0.1) is 17.1 Å². The first kappa shape index (κ1) is 18.7. The fourth-order valence-corrected chi connectivity index (χ4v) is 3.57. The number of esters is 1. The van der Waals surface area contributed by atoms with Gasteiger partial charge in [-0.25, -0.2) is 4.79 Å². The van der Waals surface area contributed by atoms with Crippen LogP contribution in [0.4, 0.5) is 5.69 Å². The van der Waals surface area contributed by atoms with Gasteiger partial charge in [0.1, 0.15) is 6.61 Å². The number of nitro benzene ring substituents is 1. The zero-order valence-corrected chi connectivity index (χ0v) is 14.4. The van der Waals surface area contributed by atoms with Crippen LogP contribution in [0.25, 0.3) is 0 Å². The van der Waals surface area contributed by atoms with Crippen molar-refractivity contribution in [2.75, 3.05) is 13.2 Å². The van der Waals surface area contributed by atoms with Gasteiger partial charge in [0, 0.05) is 17.0 Å². The number of hydrogen-bond donors (Lipinski definition) is 1. The molecule has 2 rings (SSSR count).